The van der Waals surface area contributed by atoms with Crippen molar-refractivity contribution in [3.8, 4) is 0 Å². The predicted molar refractivity (Wildman–Crippen MR) is 109 cm³/mol. The second-order valence-electron chi connectivity index (χ2n) is 7.37. The zero-order valence-corrected chi connectivity index (χ0v) is 16.4. The average Bonchev–Trinajstić information content (AvgIpc) is 2.69. The van der Waals surface area contributed by atoms with E-state index in [2.05, 4.69) is 72.6 Å². The summed E-state index contributed by atoms with van der Waals surface area (Å²) >= 11 is 0. The molecule has 2 aromatic carbocycles. The van der Waals surface area contributed by atoms with Crippen LogP contribution in [0.1, 0.15) is 34.7 Å². The Morgan fingerprint density at radius 1 is 1.07 bits per heavy atom. The molecule has 144 valence electrons. The highest BCUT2D eigenvalue weighted by Gasteiger charge is 2.23. The molecule has 0 spiro atoms. The number of amides is 1. The zero-order valence-electron chi connectivity index (χ0n) is 16.4. The van der Waals surface area contributed by atoms with Crippen molar-refractivity contribution in [3.05, 3.63) is 70.8 Å². The van der Waals surface area contributed by atoms with Crippen LogP contribution in [-0.4, -0.2) is 43.7 Å². The first-order valence-corrected chi connectivity index (χ1v) is 9.82. The molecule has 1 aliphatic heterocycles. The number of morpholine rings is 1. The quantitative estimate of drug-likeness (QED) is 0.816. The fourth-order valence-corrected chi connectivity index (χ4v) is 3.54. The molecule has 3 rings (SSSR count). The van der Waals surface area contributed by atoms with Crippen LogP contribution in [-0.2, 0) is 16.0 Å². The first kappa shape index (κ1) is 19.6. The molecule has 4 heteroatoms. The summed E-state index contributed by atoms with van der Waals surface area (Å²) in [7, 11) is 0. The summed E-state index contributed by atoms with van der Waals surface area (Å²) < 4.78 is 5.50. The van der Waals surface area contributed by atoms with Crippen molar-refractivity contribution in [3.63, 3.8) is 0 Å². The fraction of sp³-hybridized carbons (Fsp3) is 0.435. The highest BCUT2D eigenvalue weighted by atomic mass is 16.5. The molecule has 4 nitrogen and oxygen atoms in total. The molecule has 2 aromatic rings. The first-order chi connectivity index (χ1) is 13.1. The fourth-order valence-electron chi connectivity index (χ4n) is 3.54. The van der Waals surface area contributed by atoms with Gasteiger partial charge in [0.1, 0.15) is 0 Å². The van der Waals surface area contributed by atoms with Gasteiger partial charge in [0, 0.05) is 26.1 Å². The molecule has 1 aliphatic rings. The molecule has 0 aromatic heterocycles. The van der Waals surface area contributed by atoms with Gasteiger partial charge >= 0.3 is 0 Å². The van der Waals surface area contributed by atoms with E-state index in [1.54, 1.807) is 0 Å². The maximum Gasteiger partial charge on any atom is 0.220 e. The highest BCUT2D eigenvalue weighted by molar-refractivity contribution is 5.76. The number of hydrogen-bond acceptors (Lipinski definition) is 3. The molecule has 1 unspecified atom stereocenters. The topological polar surface area (TPSA) is 41.6 Å². The molecular weight excluding hydrogens is 336 g/mol. The Balaban J connectivity index is 1.58. The van der Waals surface area contributed by atoms with Crippen molar-refractivity contribution in [2.24, 2.45) is 0 Å². The summed E-state index contributed by atoms with van der Waals surface area (Å²) in [6.45, 7) is 8.13. The van der Waals surface area contributed by atoms with Crippen molar-refractivity contribution in [1.82, 2.24) is 10.2 Å². The van der Waals surface area contributed by atoms with Gasteiger partial charge in [-0.3, -0.25) is 9.69 Å². The van der Waals surface area contributed by atoms with Gasteiger partial charge in [0.15, 0.2) is 0 Å². The SMILES string of the molecule is Cc1ccc(CCC(=O)NCC(c2cccc(C)c2)N2CCOCC2)cc1. The second kappa shape index (κ2) is 9.67. The zero-order chi connectivity index (χ0) is 19.1. The van der Waals surface area contributed by atoms with Crippen LogP contribution in [0.3, 0.4) is 0 Å². The number of aryl methyl sites for hydroxylation is 3. The molecule has 27 heavy (non-hydrogen) atoms. The van der Waals surface area contributed by atoms with E-state index in [9.17, 15) is 4.79 Å². The molecule has 1 saturated heterocycles. The van der Waals surface area contributed by atoms with Crippen molar-refractivity contribution < 1.29 is 9.53 Å². The Morgan fingerprint density at radius 3 is 2.52 bits per heavy atom. The number of rotatable bonds is 7. The van der Waals surface area contributed by atoms with Gasteiger partial charge < -0.3 is 10.1 Å². The van der Waals surface area contributed by atoms with E-state index in [1.165, 1.54) is 22.3 Å². The van der Waals surface area contributed by atoms with E-state index >= 15 is 0 Å². The molecule has 1 amide bonds. The van der Waals surface area contributed by atoms with Gasteiger partial charge in [0.2, 0.25) is 5.91 Å². The number of nitrogens with zero attached hydrogens (tertiary/aromatic N) is 1. The molecular formula is C23H30N2O2. The van der Waals surface area contributed by atoms with E-state index in [0.717, 1.165) is 32.7 Å². The molecule has 1 heterocycles. The standard InChI is InChI=1S/C23H30N2O2/c1-18-6-8-20(9-7-18)10-11-23(26)24-17-22(25-12-14-27-15-13-25)21-5-3-4-19(2)16-21/h3-9,16,22H,10-15,17H2,1-2H3,(H,24,26). The highest BCUT2D eigenvalue weighted by Crippen LogP contribution is 2.22. The summed E-state index contributed by atoms with van der Waals surface area (Å²) in [5.41, 5.74) is 4.96. The van der Waals surface area contributed by atoms with Crippen molar-refractivity contribution >= 4 is 5.91 Å². The minimum Gasteiger partial charge on any atom is -0.379 e. The van der Waals surface area contributed by atoms with Crippen LogP contribution in [0, 0.1) is 13.8 Å². The van der Waals surface area contributed by atoms with Gasteiger partial charge in [-0.1, -0.05) is 59.7 Å². The summed E-state index contributed by atoms with van der Waals surface area (Å²) in [6.07, 6.45) is 1.30. The third-order valence-electron chi connectivity index (χ3n) is 5.17. The van der Waals surface area contributed by atoms with Gasteiger partial charge in [-0.25, -0.2) is 0 Å². The van der Waals surface area contributed by atoms with E-state index in [-0.39, 0.29) is 11.9 Å². The number of carbonyl (C=O) groups is 1. The number of carbonyl (C=O) groups excluding carboxylic acids is 1. The van der Waals surface area contributed by atoms with Crippen LogP contribution in [0.4, 0.5) is 0 Å². The van der Waals surface area contributed by atoms with Gasteiger partial charge in [0.25, 0.3) is 0 Å². The number of nitrogens with one attached hydrogen (secondary N) is 1. The molecule has 1 N–H and O–H groups in total. The van der Waals surface area contributed by atoms with Crippen molar-refractivity contribution in [1.29, 1.82) is 0 Å². The lowest BCUT2D eigenvalue weighted by atomic mass is 10.0. The Kier molecular flexibility index (Phi) is 7.02. The molecule has 0 saturated carbocycles. The lowest BCUT2D eigenvalue weighted by Crippen LogP contribution is -2.43. The second-order valence-corrected chi connectivity index (χ2v) is 7.37. The number of ether oxygens (including phenoxy) is 1. The Hall–Kier alpha value is -2.17. The maximum atomic E-state index is 12.4. The van der Waals surface area contributed by atoms with E-state index < -0.39 is 0 Å². The monoisotopic (exact) mass is 366 g/mol. The predicted octanol–water partition coefficient (Wildman–Crippen LogP) is 3.43. The van der Waals surface area contributed by atoms with Crippen LogP contribution < -0.4 is 5.32 Å². The number of hydrogen-bond donors (Lipinski definition) is 1. The third-order valence-corrected chi connectivity index (χ3v) is 5.17. The van der Waals surface area contributed by atoms with E-state index in [1.807, 2.05) is 0 Å². The number of benzene rings is 2. The van der Waals surface area contributed by atoms with Crippen molar-refractivity contribution in [2.45, 2.75) is 32.7 Å². The molecule has 1 atom stereocenters. The lowest BCUT2D eigenvalue weighted by Gasteiger charge is -2.35. The minimum absolute atomic E-state index is 0.112. The smallest absolute Gasteiger partial charge is 0.220 e. The van der Waals surface area contributed by atoms with Crippen LogP contribution in [0.5, 0.6) is 0 Å². The average molecular weight is 367 g/mol. The van der Waals surface area contributed by atoms with Crippen LogP contribution in [0.2, 0.25) is 0 Å². The Labute approximate surface area is 162 Å². The first-order valence-electron chi connectivity index (χ1n) is 9.82. The molecule has 0 bridgehead atoms. The summed E-state index contributed by atoms with van der Waals surface area (Å²) in [5.74, 6) is 0.112. The largest absolute Gasteiger partial charge is 0.379 e. The normalized spacial score (nSPS) is 16.1. The molecule has 0 aliphatic carbocycles. The van der Waals surface area contributed by atoms with E-state index in [0.29, 0.717) is 13.0 Å². The van der Waals surface area contributed by atoms with Gasteiger partial charge in [-0.05, 0) is 31.4 Å². The minimum atomic E-state index is 0.112. The summed E-state index contributed by atoms with van der Waals surface area (Å²) in [5, 5.41) is 3.16. The Bertz CT molecular complexity index is 736. The van der Waals surface area contributed by atoms with Crippen LogP contribution in [0.15, 0.2) is 48.5 Å². The summed E-state index contributed by atoms with van der Waals surface area (Å²) in [4.78, 5) is 14.8. The molecule has 1 fully saturated rings. The third kappa shape index (κ3) is 5.91. The van der Waals surface area contributed by atoms with Crippen LogP contribution in [0.25, 0.3) is 0 Å². The van der Waals surface area contributed by atoms with E-state index in [4.69, 9.17) is 4.74 Å². The maximum absolute atomic E-state index is 12.4. The molecule has 0 radical (unpaired) electrons. The van der Waals surface area contributed by atoms with Crippen molar-refractivity contribution in [2.75, 3.05) is 32.8 Å². The van der Waals surface area contributed by atoms with Gasteiger partial charge in [-0.2, -0.15) is 0 Å². The van der Waals surface area contributed by atoms with Crippen LogP contribution >= 0.6 is 0 Å². The lowest BCUT2D eigenvalue weighted by molar-refractivity contribution is -0.121. The summed E-state index contributed by atoms with van der Waals surface area (Å²) in [6, 6.07) is 17.2. The van der Waals surface area contributed by atoms with Gasteiger partial charge in [0.05, 0.1) is 19.3 Å². The Morgan fingerprint density at radius 2 is 1.81 bits per heavy atom. The van der Waals surface area contributed by atoms with Gasteiger partial charge in [-0.15, -0.1) is 0 Å².